The number of carbonyl (C=O) groups excluding carboxylic acids is 2. The maximum absolute atomic E-state index is 12.9. The van der Waals surface area contributed by atoms with E-state index < -0.39 is 17.7 Å². The average molecular weight is 439 g/mol. The standard InChI is InChI=1S/C20H20Cl2N2O3S/c1-11-6-9-28-19(11)16-15(17(25)12-4-5-13(21)14(22)10-12)18(26)20(27)24(16)8-7-23(2)3/h4-6,9-10,16,25H,7-8H2,1-3H3/b17-15-. The van der Waals surface area contributed by atoms with Crippen molar-refractivity contribution in [1.82, 2.24) is 9.80 Å². The lowest BCUT2D eigenvalue weighted by molar-refractivity contribution is -0.140. The molecule has 3 rings (SSSR count). The SMILES string of the molecule is Cc1ccsc1C1/C(=C(/O)c2ccc(Cl)c(Cl)c2)C(=O)C(=O)N1CCN(C)C. The number of aliphatic hydroxyl groups is 1. The van der Waals surface area contributed by atoms with E-state index in [1.807, 2.05) is 37.4 Å². The number of thiophene rings is 1. The zero-order valence-corrected chi connectivity index (χ0v) is 18.0. The molecule has 148 valence electrons. The molecule has 28 heavy (non-hydrogen) atoms. The van der Waals surface area contributed by atoms with Crippen molar-refractivity contribution in [1.29, 1.82) is 0 Å². The summed E-state index contributed by atoms with van der Waals surface area (Å²) in [6.07, 6.45) is 0. The van der Waals surface area contributed by atoms with Gasteiger partial charge in [0.05, 0.1) is 21.7 Å². The molecule has 1 N–H and O–H groups in total. The van der Waals surface area contributed by atoms with Gasteiger partial charge in [0.2, 0.25) is 0 Å². The van der Waals surface area contributed by atoms with Gasteiger partial charge in [-0.3, -0.25) is 9.59 Å². The summed E-state index contributed by atoms with van der Waals surface area (Å²) in [6.45, 7) is 2.90. The minimum Gasteiger partial charge on any atom is -0.507 e. The number of halogens is 2. The first kappa shape index (κ1) is 20.9. The van der Waals surface area contributed by atoms with Gasteiger partial charge in [-0.05, 0) is 56.2 Å². The van der Waals surface area contributed by atoms with E-state index in [-0.39, 0.29) is 16.4 Å². The van der Waals surface area contributed by atoms with Crippen molar-refractivity contribution in [3.63, 3.8) is 0 Å². The Hall–Kier alpha value is -1.86. The predicted molar refractivity (Wildman–Crippen MR) is 113 cm³/mol. The Bertz CT molecular complexity index is 968. The third-order valence-corrected chi connectivity index (χ3v) is 6.48. The van der Waals surface area contributed by atoms with Crippen LogP contribution in [0.3, 0.4) is 0 Å². The number of nitrogens with zero attached hydrogens (tertiary/aromatic N) is 2. The lowest BCUT2D eigenvalue weighted by atomic mass is 9.98. The van der Waals surface area contributed by atoms with Gasteiger partial charge in [0.1, 0.15) is 5.76 Å². The fourth-order valence-corrected chi connectivity index (χ4v) is 4.50. The Morgan fingerprint density at radius 1 is 1.21 bits per heavy atom. The Morgan fingerprint density at radius 2 is 1.93 bits per heavy atom. The highest BCUT2D eigenvalue weighted by atomic mass is 35.5. The van der Waals surface area contributed by atoms with Gasteiger partial charge >= 0.3 is 0 Å². The molecule has 8 heteroatoms. The van der Waals surface area contributed by atoms with E-state index >= 15 is 0 Å². The Kier molecular flexibility index (Phi) is 6.15. The van der Waals surface area contributed by atoms with Crippen LogP contribution in [0, 0.1) is 6.92 Å². The molecule has 0 saturated carbocycles. The molecule has 1 aromatic carbocycles. The van der Waals surface area contributed by atoms with Crippen LogP contribution in [0.2, 0.25) is 10.0 Å². The fourth-order valence-electron chi connectivity index (χ4n) is 3.15. The van der Waals surface area contributed by atoms with E-state index in [4.69, 9.17) is 23.2 Å². The Morgan fingerprint density at radius 3 is 2.50 bits per heavy atom. The first-order valence-electron chi connectivity index (χ1n) is 8.65. The minimum absolute atomic E-state index is 0.0766. The minimum atomic E-state index is -0.694. The lowest BCUT2D eigenvalue weighted by Gasteiger charge is -2.26. The van der Waals surface area contributed by atoms with E-state index in [2.05, 4.69) is 0 Å². The van der Waals surface area contributed by atoms with Gasteiger partial charge in [-0.15, -0.1) is 11.3 Å². The van der Waals surface area contributed by atoms with Crippen LogP contribution in [0.1, 0.15) is 22.0 Å². The molecule has 0 aliphatic carbocycles. The summed E-state index contributed by atoms with van der Waals surface area (Å²) in [5.74, 6) is -1.55. The lowest BCUT2D eigenvalue weighted by Crippen LogP contribution is -2.35. The third kappa shape index (κ3) is 3.82. The van der Waals surface area contributed by atoms with Crippen LogP contribution in [0.25, 0.3) is 5.76 Å². The maximum Gasteiger partial charge on any atom is 0.295 e. The van der Waals surface area contributed by atoms with Crippen LogP contribution < -0.4 is 0 Å². The predicted octanol–water partition coefficient (Wildman–Crippen LogP) is 4.35. The van der Waals surface area contributed by atoms with Crippen molar-refractivity contribution in [2.24, 2.45) is 0 Å². The number of aliphatic hydroxyl groups excluding tert-OH is 1. The quantitative estimate of drug-likeness (QED) is 0.428. The molecule has 0 bridgehead atoms. The van der Waals surface area contributed by atoms with Gasteiger partial charge in [0.15, 0.2) is 0 Å². The molecule has 1 fully saturated rings. The second-order valence-electron chi connectivity index (χ2n) is 6.89. The molecule has 5 nitrogen and oxygen atoms in total. The molecular weight excluding hydrogens is 419 g/mol. The van der Waals surface area contributed by atoms with E-state index in [1.54, 1.807) is 12.1 Å². The van der Waals surface area contributed by atoms with Crippen LogP contribution in [-0.2, 0) is 9.59 Å². The van der Waals surface area contributed by atoms with Crippen LogP contribution in [-0.4, -0.2) is 53.8 Å². The van der Waals surface area contributed by atoms with Crippen molar-refractivity contribution in [2.45, 2.75) is 13.0 Å². The third-order valence-electron chi connectivity index (χ3n) is 4.67. The number of hydrogen-bond donors (Lipinski definition) is 1. The maximum atomic E-state index is 12.9. The zero-order chi connectivity index (χ0) is 20.6. The molecule has 1 amide bonds. The summed E-state index contributed by atoms with van der Waals surface area (Å²) in [5.41, 5.74) is 1.39. The van der Waals surface area contributed by atoms with E-state index in [0.29, 0.717) is 23.7 Å². The normalized spacial score (nSPS) is 19.1. The molecule has 1 aliphatic heterocycles. The fraction of sp³-hybridized carbons (Fsp3) is 0.300. The number of hydrogen-bond acceptors (Lipinski definition) is 5. The van der Waals surface area contributed by atoms with Crippen molar-refractivity contribution in [3.8, 4) is 0 Å². The van der Waals surface area contributed by atoms with Crippen molar-refractivity contribution in [3.05, 3.63) is 61.3 Å². The van der Waals surface area contributed by atoms with E-state index in [9.17, 15) is 14.7 Å². The van der Waals surface area contributed by atoms with Crippen molar-refractivity contribution < 1.29 is 14.7 Å². The number of benzene rings is 1. The number of ketones is 1. The second-order valence-corrected chi connectivity index (χ2v) is 8.65. The van der Waals surface area contributed by atoms with Gasteiger partial charge in [-0.1, -0.05) is 23.2 Å². The number of amides is 1. The Balaban J connectivity index is 2.16. The van der Waals surface area contributed by atoms with Gasteiger partial charge in [-0.25, -0.2) is 0 Å². The van der Waals surface area contributed by atoms with E-state index in [0.717, 1.165) is 10.4 Å². The highest BCUT2D eigenvalue weighted by Crippen LogP contribution is 2.42. The molecule has 1 aromatic heterocycles. The number of Topliss-reactive ketones (excluding diaryl/α,β-unsaturated/α-hetero) is 1. The number of aryl methyl sites for hydroxylation is 1. The van der Waals surface area contributed by atoms with Crippen LogP contribution >= 0.6 is 34.5 Å². The first-order chi connectivity index (χ1) is 13.2. The highest BCUT2D eigenvalue weighted by molar-refractivity contribution is 7.10. The number of carbonyl (C=O) groups is 2. The topological polar surface area (TPSA) is 60.9 Å². The molecular formula is C20H20Cl2N2O3S. The van der Waals surface area contributed by atoms with Crippen LogP contribution in [0.5, 0.6) is 0 Å². The molecule has 1 unspecified atom stereocenters. The van der Waals surface area contributed by atoms with Crippen molar-refractivity contribution >= 4 is 52.0 Å². The number of likely N-dealkylation sites (N-methyl/N-ethyl adjacent to an activating group) is 1. The summed E-state index contributed by atoms with van der Waals surface area (Å²) in [4.78, 5) is 30.0. The molecule has 1 aliphatic rings. The van der Waals surface area contributed by atoms with Crippen LogP contribution in [0.4, 0.5) is 0 Å². The van der Waals surface area contributed by atoms with Gasteiger partial charge < -0.3 is 14.9 Å². The second kappa shape index (κ2) is 8.25. The molecule has 0 radical (unpaired) electrons. The number of likely N-dealkylation sites (tertiary alicyclic amines) is 1. The summed E-state index contributed by atoms with van der Waals surface area (Å²) >= 11 is 13.5. The molecule has 1 atom stereocenters. The van der Waals surface area contributed by atoms with Gasteiger partial charge in [0, 0.05) is 23.5 Å². The summed E-state index contributed by atoms with van der Waals surface area (Å²) in [7, 11) is 3.80. The van der Waals surface area contributed by atoms with E-state index in [1.165, 1.54) is 22.3 Å². The summed E-state index contributed by atoms with van der Waals surface area (Å²) in [5, 5.41) is 13.5. The molecule has 1 saturated heterocycles. The molecule has 2 heterocycles. The Labute approximate surface area is 177 Å². The van der Waals surface area contributed by atoms with Crippen molar-refractivity contribution in [2.75, 3.05) is 27.2 Å². The average Bonchev–Trinajstić information content (AvgIpc) is 3.16. The van der Waals surface area contributed by atoms with Gasteiger partial charge in [0.25, 0.3) is 11.7 Å². The summed E-state index contributed by atoms with van der Waals surface area (Å²) in [6, 6.07) is 5.92. The molecule has 0 spiro atoms. The summed E-state index contributed by atoms with van der Waals surface area (Å²) < 4.78 is 0. The molecule has 2 aromatic rings. The largest absolute Gasteiger partial charge is 0.507 e. The first-order valence-corrected chi connectivity index (χ1v) is 10.3. The number of rotatable bonds is 5. The van der Waals surface area contributed by atoms with Gasteiger partial charge in [-0.2, -0.15) is 0 Å². The smallest absolute Gasteiger partial charge is 0.295 e. The van der Waals surface area contributed by atoms with Crippen LogP contribution in [0.15, 0.2) is 35.2 Å². The zero-order valence-electron chi connectivity index (χ0n) is 15.7. The highest BCUT2D eigenvalue weighted by Gasteiger charge is 2.46. The monoisotopic (exact) mass is 438 g/mol.